The average Bonchev–Trinajstić information content (AvgIpc) is 2.63. The van der Waals surface area contributed by atoms with Gasteiger partial charge in [-0.25, -0.2) is 4.98 Å². The summed E-state index contributed by atoms with van der Waals surface area (Å²) in [5, 5.41) is 11.6. The Bertz CT molecular complexity index is 702. The predicted molar refractivity (Wildman–Crippen MR) is 97.0 cm³/mol. The van der Waals surface area contributed by atoms with Gasteiger partial charge in [-0.2, -0.15) is 0 Å². The van der Waals surface area contributed by atoms with Crippen LogP contribution in [-0.2, 0) is 5.60 Å². The summed E-state index contributed by atoms with van der Waals surface area (Å²) in [6.07, 6.45) is 7.38. The van der Waals surface area contributed by atoms with E-state index < -0.39 is 5.60 Å². The molecule has 1 aromatic carbocycles. The van der Waals surface area contributed by atoms with E-state index in [1.807, 2.05) is 30.5 Å². The molecular formula is C21H26N2O. The number of hydrogen-bond acceptors (Lipinski definition) is 3. The number of aryl methyl sites for hydroxylation is 1. The third-order valence-electron chi connectivity index (χ3n) is 5.95. The fourth-order valence-corrected chi connectivity index (χ4v) is 4.73. The third kappa shape index (κ3) is 2.61. The van der Waals surface area contributed by atoms with E-state index in [1.54, 1.807) is 0 Å². The predicted octanol–water partition coefficient (Wildman–Crippen LogP) is 4.05. The van der Waals surface area contributed by atoms with Crippen molar-refractivity contribution in [3.8, 4) is 0 Å². The minimum absolute atomic E-state index is 0.282. The standard InChI is InChI=1S/C21H26N2O/c1-16-11-13-22-20(15-16)23-14-12-21(24,17-7-3-2-4-8-17)18-9-5-6-10-19(18)23/h2-4,7-8,11,13,15,18-19,24H,5-6,9-10,12,14H2,1H3/t18-,19+,21?/m0/s1. The van der Waals surface area contributed by atoms with Crippen molar-refractivity contribution in [2.75, 3.05) is 11.4 Å². The van der Waals surface area contributed by atoms with Crippen molar-refractivity contribution in [2.24, 2.45) is 5.92 Å². The first-order valence-electron chi connectivity index (χ1n) is 9.16. The number of anilines is 1. The molecule has 0 amide bonds. The first-order chi connectivity index (χ1) is 11.7. The van der Waals surface area contributed by atoms with Crippen LogP contribution in [0.3, 0.4) is 0 Å². The second-order valence-electron chi connectivity index (χ2n) is 7.38. The van der Waals surface area contributed by atoms with Crippen LogP contribution in [0.15, 0.2) is 48.7 Å². The van der Waals surface area contributed by atoms with Gasteiger partial charge in [0.1, 0.15) is 5.82 Å². The number of rotatable bonds is 2. The molecule has 2 aromatic rings. The normalized spacial score (nSPS) is 30.0. The molecular weight excluding hydrogens is 296 g/mol. The summed E-state index contributed by atoms with van der Waals surface area (Å²) in [5.41, 5.74) is 1.63. The van der Waals surface area contributed by atoms with Crippen LogP contribution in [0.25, 0.3) is 0 Å². The second-order valence-corrected chi connectivity index (χ2v) is 7.38. The molecule has 2 aliphatic rings. The molecule has 24 heavy (non-hydrogen) atoms. The Morgan fingerprint density at radius 1 is 1.12 bits per heavy atom. The van der Waals surface area contributed by atoms with Crippen molar-refractivity contribution in [2.45, 2.75) is 50.7 Å². The Hall–Kier alpha value is -1.87. The summed E-state index contributed by atoms with van der Waals surface area (Å²) >= 11 is 0. The van der Waals surface area contributed by atoms with Gasteiger partial charge < -0.3 is 10.0 Å². The highest BCUT2D eigenvalue weighted by molar-refractivity contribution is 5.44. The molecule has 2 fully saturated rings. The first kappa shape index (κ1) is 15.6. The summed E-state index contributed by atoms with van der Waals surface area (Å²) in [5.74, 6) is 1.35. The molecule has 1 N–H and O–H groups in total. The van der Waals surface area contributed by atoms with Gasteiger partial charge in [-0.1, -0.05) is 43.2 Å². The number of aromatic nitrogens is 1. The molecule has 1 aromatic heterocycles. The zero-order valence-electron chi connectivity index (χ0n) is 14.4. The van der Waals surface area contributed by atoms with E-state index in [4.69, 9.17) is 0 Å². The number of aliphatic hydroxyl groups is 1. The van der Waals surface area contributed by atoms with E-state index in [2.05, 4.69) is 35.0 Å². The second kappa shape index (κ2) is 6.21. The van der Waals surface area contributed by atoms with Gasteiger partial charge in [-0.15, -0.1) is 0 Å². The number of benzene rings is 1. The van der Waals surface area contributed by atoms with Gasteiger partial charge in [0.25, 0.3) is 0 Å². The maximum atomic E-state index is 11.6. The van der Waals surface area contributed by atoms with Crippen molar-refractivity contribution in [1.29, 1.82) is 0 Å². The molecule has 126 valence electrons. The van der Waals surface area contributed by atoms with Crippen LogP contribution in [-0.4, -0.2) is 22.7 Å². The molecule has 1 aliphatic carbocycles. The van der Waals surface area contributed by atoms with Gasteiger partial charge in [0.15, 0.2) is 0 Å². The van der Waals surface area contributed by atoms with E-state index in [-0.39, 0.29) is 5.92 Å². The summed E-state index contributed by atoms with van der Waals surface area (Å²) in [7, 11) is 0. The molecule has 1 saturated heterocycles. The van der Waals surface area contributed by atoms with Crippen LogP contribution in [0, 0.1) is 12.8 Å². The molecule has 0 spiro atoms. The van der Waals surface area contributed by atoms with E-state index in [9.17, 15) is 5.11 Å². The largest absolute Gasteiger partial charge is 0.385 e. The minimum atomic E-state index is -0.702. The van der Waals surface area contributed by atoms with Gasteiger partial charge in [0.05, 0.1) is 5.60 Å². The van der Waals surface area contributed by atoms with Crippen molar-refractivity contribution < 1.29 is 5.11 Å². The van der Waals surface area contributed by atoms with Crippen LogP contribution < -0.4 is 4.90 Å². The Morgan fingerprint density at radius 2 is 1.92 bits per heavy atom. The maximum Gasteiger partial charge on any atom is 0.128 e. The van der Waals surface area contributed by atoms with Gasteiger partial charge in [0.2, 0.25) is 0 Å². The van der Waals surface area contributed by atoms with Crippen molar-refractivity contribution in [3.05, 3.63) is 59.8 Å². The van der Waals surface area contributed by atoms with Gasteiger partial charge in [-0.05, 0) is 49.4 Å². The quantitative estimate of drug-likeness (QED) is 0.906. The molecule has 0 radical (unpaired) electrons. The zero-order chi connectivity index (χ0) is 16.6. The molecule has 1 saturated carbocycles. The monoisotopic (exact) mass is 322 g/mol. The summed E-state index contributed by atoms with van der Waals surface area (Å²) in [6, 6.07) is 14.9. The average molecular weight is 322 g/mol. The molecule has 3 nitrogen and oxygen atoms in total. The Balaban J connectivity index is 1.70. The van der Waals surface area contributed by atoms with Crippen LogP contribution in [0.2, 0.25) is 0 Å². The Morgan fingerprint density at radius 3 is 2.71 bits per heavy atom. The number of piperidine rings is 1. The molecule has 0 bridgehead atoms. The fourth-order valence-electron chi connectivity index (χ4n) is 4.73. The van der Waals surface area contributed by atoms with Gasteiger partial charge >= 0.3 is 0 Å². The van der Waals surface area contributed by atoms with E-state index in [0.29, 0.717) is 6.04 Å². The van der Waals surface area contributed by atoms with Crippen LogP contribution in [0.4, 0.5) is 5.82 Å². The summed E-state index contributed by atoms with van der Waals surface area (Å²) in [4.78, 5) is 7.07. The highest BCUT2D eigenvalue weighted by atomic mass is 16.3. The fraction of sp³-hybridized carbons (Fsp3) is 0.476. The van der Waals surface area contributed by atoms with Crippen LogP contribution >= 0.6 is 0 Å². The van der Waals surface area contributed by atoms with Crippen molar-refractivity contribution >= 4 is 5.82 Å². The Kier molecular flexibility index (Phi) is 4.05. The molecule has 2 heterocycles. The number of fused-ring (bicyclic) bond motifs is 1. The zero-order valence-corrected chi connectivity index (χ0v) is 14.4. The topological polar surface area (TPSA) is 36.4 Å². The minimum Gasteiger partial charge on any atom is -0.385 e. The van der Waals surface area contributed by atoms with Crippen LogP contribution in [0.5, 0.6) is 0 Å². The SMILES string of the molecule is Cc1ccnc(N2CCC(O)(c3ccccc3)[C@H]3CCCC[C@H]32)c1. The number of hydrogen-bond donors (Lipinski definition) is 1. The van der Waals surface area contributed by atoms with Crippen molar-refractivity contribution in [1.82, 2.24) is 4.98 Å². The lowest BCUT2D eigenvalue weighted by molar-refractivity contribution is -0.0690. The van der Waals surface area contributed by atoms with Gasteiger partial charge in [-0.3, -0.25) is 0 Å². The molecule has 3 heteroatoms. The number of pyridine rings is 1. The summed E-state index contributed by atoms with van der Waals surface area (Å²) < 4.78 is 0. The molecule has 1 aliphatic heterocycles. The molecule has 3 atom stereocenters. The van der Waals surface area contributed by atoms with E-state index in [1.165, 1.54) is 18.4 Å². The maximum absolute atomic E-state index is 11.6. The lowest BCUT2D eigenvalue weighted by atomic mass is 9.66. The lowest BCUT2D eigenvalue weighted by Crippen LogP contribution is -2.57. The number of nitrogens with zero attached hydrogens (tertiary/aromatic N) is 2. The summed E-state index contributed by atoms with van der Waals surface area (Å²) in [6.45, 7) is 2.98. The lowest BCUT2D eigenvalue weighted by Gasteiger charge is -2.53. The highest BCUT2D eigenvalue weighted by Crippen LogP contribution is 2.47. The highest BCUT2D eigenvalue weighted by Gasteiger charge is 2.49. The van der Waals surface area contributed by atoms with E-state index in [0.717, 1.165) is 37.2 Å². The molecule has 4 rings (SSSR count). The molecule has 1 unspecified atom stereocenters. The van der Waals surface area contributed by atoms with Gasteiger partial charge in [0, 0.05) is 24.7 Å². The Labute approximate surface area is 144 Å². The third-order valence-corrected chi connectivity index (χ3v) is 5.95. The van der Waals surface area contributed by atoms with Crippen LogP contribution in [0.1, 0.15) is 43.2 Å². The smallest absolute Gasteiger partial charge is 0.128 e. The van der Waals surface area contributed by atoms with Crippen molar-refractivity contribution in [3.63, 3.8) is 0 Å². The first-order valence-corrected chi connectivity index (χ1v) is 9.16. The van der Waals surface area contributed by atoms with E-state index >= 15 is 0 Å².